The zero-order valence-corrected chi connectivity index (χ0v) is 11.1. The van der Waals surface area contributed by atoms with Crippen molar-refractivity contribution < 1.29 is 19.2 Å². The second-order valence-corrected chi connectivity index (χ2v) is 4.17. The molecule has 2 rings (SSSR count). The fourth-order valence-electron chi connectivity index (χ4n) is 2.07. The first-order valence-electron chi connectivity index (χ1n) is 6.43. The first-order chi connectivity index (χ1) is 9.17. The zero-order valence-electron chi connectivity index (χ0n) is 11.1. The molecule has 1 heterocycles. The lowest BCUT2D eigenvalue weighted by Gasteiger charge is -2.28. The molecule has 0 aromatic heterocycles. The maximum Gasteiger partial charge on any atom is 0.338 e. The second kappa shape index (κ2) is 5.84. The van der Waals surface area contributed by atoms with E-state index < -0.39 is 0 Å². The molecule has 1 aromatic rings. The Morgan fingerprint density at radius 2 is 2.05 bits per heavy atom. The topological polar surface area (TPSA) is 55.8 Å². The molecule has 0 saturated carbocycles. The van der Waals surface area contributed by atoms with Crippen LogP contribution < -0.4 is 5.06 Å². The molecule has 19 heavy (non-hydrogen) atoms. The van der Waals surface area contributed by atoms with Crippen molar-refractivity contribution in [3.05, 3.63) is 29.3 Å². The summed E-state index contributed by atoms with van der Waals surface area (Å²) in [7, 11) is 0. The van der Waals surface area contributed by atoms with Gasteiger partial charge in [-0.25, -0.2) is 4.79 Å². The predicted octanol–water partition coefficient (Wildman–Crippen LogP) is 2.09. The highest BCUT2D eigenvalue weighted by molar-refractivity contribution is 5.96. The quantitative estimate of drug-likeness (QED) is 0.780. The zero-order chi connectivity index (χ0) is 13.8. The van der Waals surface area contributed by atoms with E-state index in [-0.39, 0.29) is 11.9 Å². The van der Waals surface area contributed by atoms with E-state index in [9.17, 15) is 9.59 Å². The highest BCUT2D eigenvalue weighted by Gasteiger charge is 2.25. The summed E-state index contributed by atoms with van der Waals surface area (Å²) in [5.41, 5.74) is 2.15. The van der Waals surface area contributed by atoms with Crippen LogP contribution in [-0.2, 0) is 20.8 Å². The van der Waals surface area contributed by atoms with Crippen molar-refractivity contribution in [3.8, 4) is 0 Å². The van der Waals surface area contributed by atoms with Crippen LogP contribution in [-0.4, -0.2) is 25.1 Å². The van der Waals surface area contributed by atoms with Crippen molar-refractivity contribution in [2.45, 2.75) is 26.7 Å². The third-order valence-electron chi connectivity index (χ3n) is 2.90. The van der Waals surface area contributed by atoms with Crippen molar-refractivity contribution in [2.24, 2.45) is 0 Å². The van der Waals surface area contributed by atoms with Gasteiger partial charge < -0.3 is 4.74 Å². The number of rotatable bonds is 4. The van der Waals surface area contributed by atoms with Crippen LogP contribution in [0.25, 0.3) is 0 Å². The SMILES string of the molecule is CCOC(=O)c1ccc2c(c1)CCC(=O)N2OCC. The van der Waals surface area contributed by atoms with Crippen LogP contribution in [0.2, 0.25) is 0 Å². The number of carbonyl (C=O) groups is 2. The lowest BCUT2D eigenvalue weighted by Crippen LogP contribution is -2.35. The van der Waals surface area contributed by atoms with Crippen LogP contribution in [0.15, 0.2) is 18.2 Å². The number of aryl methyl sites for hydroxylation is 1. The lowest BCUT2D eigenvalue weighted by molar-refractivity contribution is -0.126. The molecule has 0 saturated heterocycles. The third-order valence-corrected chi connectivity index (χ3v) is 2.90. The van der Waals surface area contributed by atoms with E-state index in [0.717, 1.165) is 5.56 Å². The van der Waals surface area contributed by atoms with Crippen molar-refractivity contribution in [3.63, 3.8) is 0 Å². The summed E-state index contributed by atoms with van der Waals surface area (Å²) >= 11 is 0. The molecule has 0 unspecified atom stereocenters. The number of hydrogen-bond donors (Lipinski definition) is 0. The minimum Gasteiger partial charge on any atom is -0.462 e. The van der Waals surface area contributed by atoms with Gasteiger partial charge in [0.1, 0.15) is 0 Å². The van der Waals surface area contributed by atoms with Crippen molar-refractivity contribution >= 4 is 17.6 Å². The number of benzene rings is 1. The van der Waals surface area contributed by atoms with Crippen molar-refractivity contribution in [1.29, 1.82) is 0 Å². The summed E-state index contributed by atoms with van der Waals surface area (Å²) in [6.45, 7) is 4.37. The molecule has 1 aliphatic heterocycles. The Hall–Kier alpha value is -1.88. The lowest BCUT2D eigenvalue weighted by atomic mass is 10.00. The van der Waals surface area contributed by atoms with E-state index >= 15 is 0 Å². The maximum atomic E-state index is 11.8. The number of fused-ring (bicyclic) bond motifs is 1. The molecule has 5 nitrogen and oxygen atoms in total. The standard InChI is InChI=1S/C14H17NO4/c1-3-18-14(17)11-5-7-12-10(9-11)6-8-13(16)15(12)19-4-2/h5,7,9H,3-4,6,8H2,1-2H3. The summed E-state index contributed by atoms with van der Waals surface area (Å²) in [4.78, 5) is 28.8. The number of nitrogens with zero attached hydrogens (tertiary/aromatic N) is 1. The molecule has 0 N–H and O–H groups in total. The molecular formula is C14H17NO4. The number of hydrogen-bond acceptors (Lipinski definition) is 4. The van der Waals surface area contributed by atoms with Gasteiger partial charge in [-0.15, -0.1) is 0 Å². The Labute approximate surface area is 112 Å². The van der Waals surface area contributed by atoms with Gasteiger partial charge in [0.2, 0.25) is 0 Å². The van der Waals surface area contributed by atoms with Gasteiger partial charge in [-0.05, 0) is 44.0 Å². The minimum absolute atomic E-state index is 0.0572. The summed E-state index contributed by atoms with van der Waals surface area (Å²) in [6, 6.07) is 5.15. The fraction of sp³-hybridized carbons (Fsp3) is 0.429. The molecular weight excluding hydrogens is 246 g/mol. The summed E-state index contributed by atoms with van der Waals surface area (Å²) in [5.74, 6) is -0.400. The molecule has 5 heteroatoms. The Bertz CT molecular complexity index is 498. The monoisotopic (exact) mass is 263 g/mol. The van der Waals surface area contributed by atoms with E-state index in [1.54, 1.807) is 25.1 Å². The summed E-state index contributed by atoms with van der Waals surface area (Å²) < 4.78 is 4.96. The van der Waals surface area contributed by atoms with E-state index in [0.29, 0.717) is 37.3 Å². The Morgan fingerprint density at radius 1 is 1.26 bits per heavy atom. The summed E-state index contributed by atoms with van der Waals surface area (Å²) in [6.07, 6.45) is 1.00. The predicted molar refractivity (Wildman–Crippen MR) is 69.8 cm³/mol. The van der Waals surface area contributed by atoms with E-state index in [2.05, 4.69) is 0 Å². The van der Waals surface area contributed by atoms with Gasteiger partial charge in [0.25, 0.3) is 5.91 Å². The number of esters is 1. The van der Waals surface area contributed by atoms with Gasteiger partial charge in [0.05, 0.1) is 24.5 Å². The Balaban J connectivity index is 2.30. The molecule has 1 aromatic carbocycles. The molecule has 1 aliphatic rings. The molecule has 0 spiro atoms. The van der Waals surface area contributed by atoms with Crippen LogP contribution in [0.3, 0.4) is 0 Å². The summed E-state index contributed by atoms with van der Waals surface area (Å²) in [5, 5.41) is 1.31. The molecule has 0 radical (unpaired) electrons. The third kappa shape index (κ3) is 2.76. The average molecular weight is 263 g/mol. The van der Waals surface area contributed by atoms with E-state index in [1.165, 1.54) is 5.06 Å². The van der Waals surface area contributed by atoms with Crippen molar-refractivity contribution in [1.82, 2.24) is 0 Å². The van der Waals surface area contributed by atoms with E-state index in [1.807, 2.05) is 6.92 Å². The van der Waals surface area contributed by atoms with Crippen molar-refractivity contribution in [2.75, 3.05) is 18.3 Å². The number of ether oxygens (including phenoxy) is 1. The minimum atomic E-state index is -0.342. The highest BCUT2D eigenvalue weighted by atomic mass is 16.7. The van der Waals surface area contributed by atoms with Gasteiger partial charge in [-0.3, -0.25) is 9.63 Å². The fourth-order valence-corrected chi connectivity index (χ4v) is 2.07. The Kier molecular flexibility index (Phi) is 4.16. The molecule has 102 valence electrons. The van der Waals surface area contributed by atoms with Crippen LogP contribution in [0.4, 0.5) is 5.69 Å². The largest absolute Gasteiger partial charge is 0.462 e. The molecule has 0 aliphatic carbocycles. The van der Waals surface area contributed by atoms with Crippen LogP contribution in [0, 0.1) is 0 Å². The smallest absolute Gasteiger partial charge is 0.338 e. The maximum absolute atomic E-state index is 11.8. The van der Waals surface area contributed by atoms with Crippen LogP contribution in [0.1, 0.15) is 36.2 Å². The first kappa shape index (κ1) is 13.5. The molecule has 1 amide bonds. The van der Waals surface area contributed by atoms with Gasteiger partial charge in [0, 0.05) is 6.42 Å². The van der Waals surface area contributed by atoms with Crippen LogP contribution in [0.5, 0.6) is 0 Å². The molecule has 0 atom stereocenters. The normalized spacial score (nSPS) is 14.2. The van der Waals surface area contributed by atoms with E-state index in [4.69, 9.17) is 9.57 Å². The average Bonchev–Trinajstić information content (AvgIpc) is 2.42. The number of amides is 1. The highest BCUT2D eigenvalue weighted by Crippen LogP contribution is 2.29. The Morgan fingerprint density at radius 3 is 2.74 bits per heavy atom. The van der Waals surface area contributed by atoms with Gasteiger partial charge >= 0.3 is 5.97 Å². The number of anilines is 1. The molecule has 0 bridgehead atoms. The first-order valence-corrected chi connectivity index (χ1v) is 6.43. The second-order valence-electron chi connectivity index (χ2n) is 4.17. The van der Waals surface area contributed by atoms with Crippen LogP contribution >= 0.6 is 0 Å². The number of carbonyl (C=O) groups excluding carboxylic acids is 2. The van der Waals surface area contributed by atoms with Gasteiger partial charge in [-0.2, -0.15) is 5.06 Å². The number of hydroxylamine groups is 1. The molecule has 0 fully saturated rings. The van der Waals surface area contributed by atoms with Gasteiger partial charge in [0.15, 0.2) is 0 Å². The van der Waals surface area contributed by atoms with Gasteiger partial charge in [-0.1, -0.05) is 0 Å².